The van der Waals surface area contributed by atoms with E-state index in [1.54, 1.807) is 14.2 Å². The van der Waals surface area contributed by atoms with Crippen molar-refractivity contribution >= 4 is 34.1 Å². The van der Waals surface area contributed by atoms with Crippen molar-refractivity contribution in [1.29, 1.82) is 0 Å². The molecule has 33 heavy (non-hydrogen) atoms. The summed E-state index contributed by atoms with van der Waals surface area (Å²) in [5, 5.41) is 12.2. The van der Waals surface area contributed by atoms with E-state index in [9.17, 15) is 4.79 Å². The lowest BCUT2D eigenvalue weighted by Crippen LogP contribution is -2.22. The van der Waals surface area contributed by atoms with Gasteiger partial charge in [-0.3, -0.25) is 10.1 Å². The number of nitrogens with one attached hydrogen (secondary N) is 2. The Kier molecular flexibility index (Phi) is 6.95. The van der Waals surface area contributed by atoms with Gasteiger partial charge in [0.15, 0.2) is 5.16 Å². The third-order valence-electron chi connectivity index (χ3n) is 4.84. The van der Waals surface area contributed by atoms with Crippen LogP contribution in [0.15, 0.2) is 53.7 Å². The van der Waals surface area contributed by atoms with Crippen LogP contribution in [0.5, 0.6) is 11.5 Å². The fourth-order valence-corrected chi connectivity index (χ4v) is 4.51. The van der Waals surface area contributed by atoms with Crippen molar-refractivity contribution < 1.29 is 14.3 Å². The Hall–Kier alpha value is -3.37. The molecule has 0 spiro atoms. The second-order valence-electron chi connectivity index (χ2n) is 7.10. The van der Waals surface area contributed by atoms with Crippen molar-refractivity contribution in [2.24, 2.45) is 0 Å². The van der Waals surface area contributed by atoms with Crippen LogP contribution in [-0.4, -0.2) is 45.5 Å². The van der Waals surface area contributed by atoms with Gasteiger partial charge in [-0.2, -0.15) is 0 Å². The number of aryl methyl sites for hydroxylation is 1. The number of amides is 1. The predicted molar refractivity (Wildman–Crippen MR) is 131 cm³/mol. The number of aromatic nitrogens is 4. The standard InChI is InChI=1S/C23H23N5O3S2/c1-13(21(29)26-23-28-27-14(2)33-23)32-22-24-19(15-5-9-17(30-3)10-6-15)20(25-22)16-7-11-18(31-4)12-8-16/h5-13H,1-4H3,(H,24,25)(H,26,28,29). The van der Waals surface area contributed by atoms with Crippen molar-refractivity contribution in [3.05, 3.63) is 53.5 Å². The third kappa shape index (κ3) is 5.35. The molecule has 1 unspecified atom stereocenters. The first-order valence-corrected chi connectivity index (χ1v) is 11.8. The van der Waals surface area contributed by atoms with Gasteiger partial charge in [0.05, 0.1) is 30.9 Å². The Morgan fingerprint density at radius 3 is 2.15 bits per heavy atom. The number of nitrogens with zero attached hydrogens (tertiary/aromatic N) is 3. The molecule has 170 valence electrons. The van der Waals surface area contributed by atoms with Gasteiger partial charge in [-0.15, -0.1) is 10.2 Å². The molecule has 0 bridgehead atoms. The number of ether oxygens (including phenoxy) is 2. The lowest BCUT2D eigenvalue weighted by atomic mass is 10.0. The Morgan fingerprint density at radius 2 is 1.61 bits per heavy atom. The molecule has 0 fully saturated rings. The monoisotopic (exact) mass is 481 g/mol. The van der Waals surface area contributed by atoms with Gasteiger partial charge >= 0.3 is 0 Å². The van der Waals surface area contributed by atoms with E-state index in [2.05, 4.69) is 20.5 Å². The smallest absolute Gasteiger partial charge is 0.239 e. The van der Waals surface area contributed by atoms with Crippen molar-refractivity contribution in [2.45, 2.75) is 24.3 Å². The van der Waals surface area contributed by atoms with Crippen LogP contribution < -0.4 is 14.8 Å². The molecule has 4 aromatic rings. The zero-order valence-corrected chi connectivity index (χ0v) is 20.2. The second-order valence-corrected chi connectivity index (χ2v) is 9.61. The van der Waals surface area contributed by atoms with Gasteiger partial charge in [0.2, 0.25) is 11.0 Å². The number of hydrogen-bond donors (Lipinski definition) is 2. The van der Waals surface area contributed by atoms with Crippen LogP contribution >= 0.6 is 23.1 Å². The summed E-state index contributed by atoms with van der Waals surface area (Å²) in [5.41, 5.74) is 3.55. The summed E-state index contributed by atoms with van der Waals surface area (Å²) in [6.07, 6.45) is 0. The van der Waals surface area contributed by atoms with E-state index in [0.29, 0.717) is 10.3 Å². The van der Waals surface area contributed by atoms with E-state index >= 15 is 0 Å². The lowest BCUT2D eigenvalue weighted by Gasteiger charge is -2.08. The van der Waals surface area contributed by atoms with Crippen LogP contribution in [0.2, 0.25) is 0 Å². The molecule has 10 heteroatoms. The van der Waals surface area contributed by atoms with Gasteiger partial charge in [-0.1, -0.05) is 23.1 Å². The Morgan fingerprint density at radius 1 is 1.00 bits per heavy atom. The van der Waals surface area contributed by atoms with Crippen LogP contribution in [0.25, 0.3) is 22.5 Å². The van der Waals surface area contributed by atoms with E-state index in [1.807, 2.05) is 62.4 Å². The molecule has 1 amide bonds. The SMILES string of the molecule is COc1ccc(-c2nc(SC(C)C(=O)Nc3nnc(C)s3)[nH]c2-c2ccc(OC)cc2)cc1. The first-order valence-electron chi connectivity index (χ1n) is 10.1. The van der Waals surface area contributed by atoms with Gasteiger partial charge in [-0.05, 0) is 62.4 Å². The predicted octanol–water partition coefficient (Wildman–Crippen LogP) is 5.04. The third-order valence-corrected chi connectivity index (χ3v) is 6.58. The number of imidazole rings is 1. The normalized spacial score (nSPS) is 11.8. The minimum atomic E-state index is -0.396. The number of thioether (sulfide) groups is 1. The molecule has 4 rings (SSSR count). The summed E-state index contributed by atoms with van der Waals surface area (Å²) in [6.45, 7) is 3.67. The molecule has 2 heterocycles. The van der Waals surface area contributed by atoms with Gasteiger partial charge in [-0.25, -0.2) is 4.98 Å². The maximum atomic E-state index is 12.6. The van der Waals surface area contributed by atoms with Crippen LogP contribution in [0.4, 0.5) is 5.13 Å². The van der Waals surface area contributed by atoms with Crippen LogP contribution in [0, 0.1) is 6.92 Å². The molecule has 0 saturated carbocycles. The molecular formula is C23H23N5O3S2. The number of H-pyrrole nitrogens is 1. The lowest BCUT2D eigenvalue weighted by molar-refractivity contribution is -0.115. The van der Waals surface area contributed by atoms with E-state index in [1.165, 1.54) is 23.1 Å². The number of methoxy groups -OCH3 is 2. The highest BCUT2D eigenvalue weighted by Crippen LogP contribution is 2.35. The summed E-state index contributed by atoms with van der Waals surface area (Å²) >= 11 is 2.69. The van der Waals surface area contributed by atoms with Gasteiger partial charge in [0.25, 0.3) is 0 Å². The first kappa shape index (κ1) is 22.8. The van der Waals surface area contributed by atoms with Gasteiger partial charge < -0.3 is 14.5 Å². The molecule has 0 saturated heterocycles. The van der Waals surface area contributed by atoms with E-state index in [4.69, 9.17) is 14.5 Å². The average molecular weight is 482 g/mol. The summed E-state index contributed by atoms with van der Waals surface area (Å²) in [6, 6.07) is 15.5. The summed E-state index contributed by atoms with van der Waals surface area (Å²) in [5.74, 6) is 1.38. The maximum absolute atomic E-state index is 12.6. The number of hydrogen-bond acceptors (Lipinski definition) is 8. The van der Waals surface area contributed by atoms with Crippen molar-refractivity contribution in [3.63, 3.8) is 0 Å². The number of rotatable bonds is 8. The topological polar surface area (TPSA) is 102 Å². The fraction of sp³-hybridized carbons (Fsp3) is 0.217. The number of carbonyl (C=O) groups excluding carboxylic acids is 1. The van der Waals surface area contributed by atoms with E-state index in [-0.39, 0.29) is 5.91 Å². The largest absolute Gasteiger partial charge is 0.497 e. The number of aromatic amines is 1. The molecule has 0 aliphatic heterocycles. The minimum absolute atomic E-state index is 0.162. The Labute approximate surface area is 199 Å². The molecular weight excluding hydrogens is 458 g/mol. The molecule has 2 aromatic heterocycles. The van der Waals surface area contributed by atoms with Crippen molar-refractivity contribution in [3.8, 4) is 34.0 Å². The summed E-state index contributed by atoms with van der Waals surface area (Å²) < 4.78 is 10.6. The molecule has 1 atom stereocenters. The van der Waals surface area contributed by atoms with Crippen LogP contribution in [-0.2, 0) is 4.79 Å². The zero-order valence-electron chi connectivity index (χ0n) is 18.6. The fourth-order valence-electron chi connectivity index (χ4n) is 3.11. The number of carbonyl (C=O) groups is 1. The molecule has 8 nitrogen and oxygen atoms in total. The quantitative estimate of drug-likeness (QED) is 0.340. The second kappa shape index (κ2) is 10.1. The molecule has 2 N–H and O–H groups in total. The summed E-state index contributed by atoms with van der Waals surface area (Å²) in [7, 11) is 3.27. The van der Waals surface area contributed by atoms with Gasteiger partial charge in [0.1, 0.15) is 16.5 Å². The highest BCUT2D eigenvalue weighted by Gasteiger charge is 2.21. The van der Waals surface area contributed by atoms with Crippen LogP contribution in [0.1, 0.15) is 11.9 Å². The molecule has 2 aromatic carbocycles. The molecule has 0 radical (unpaired) electrons. The molecule has 0 aliphatic carbocycles. The Balaban J connectivity index is 1.62. The summed E-state index contributed by atoms with van der Waals surface area (Å²) in [4.78, 5) is 20.8. The highest BCUT2D eigenvalue weighted by molar-refractivity contribution is 8.00. The van der Waals surface area contributed by atoms with Crippen molar-refractivity contribution in [1.82, 2.24) is 20.2 Å². The van der Waals surface area contributed by atoms with E-state index < -0.39 is 5.25 Å². The van der Waals surface area contributed by atoms with Crippen LogP contribution in [0.3, 0.4) is 0 Å². The van der Waals surface area contributed by atoms with Crippen molar-refractivity contribution in [2.75, 3.05) is 19.5 Å². The minimum Gasteiger partial charge on any atom is -0.497 e. The molecule has 0 aliphatic rings. The number of anilines is 1. The van der Waals surface area contributed by atoms with Gasteiger partial charge in [0, 0.05) is 11.1 Å². The first-order chi connectivity index (χ1) is 16.0. The average Bonchev–Trinajstić information content (AvgIpc) is 3.45. The zero-order chi connectivity index (χ0) is 23.4. The van der Waals surface area contributed by atoms with E-state index in [0.717, 1.165) is 39.0 Å². The number of benzene rings is 2. The Bertz CT molecular complexity index is 1170. The maximum Gasteiger partial charge on any atom is 0.239 e. The highest BCUT2D eigenvalue weighted by atomic mass is 32.2.